The molecule has 1 aromatic carbocycles. The Morgan fingerprint density at radius 3 is 2.45 bits per heavy atom. The first kappa shape index (κ1) is 16.4. The van der Waals surface area contributed by atoms with Crippen LogP contribution in [-0.2, 0) is 14.8 Å². The van der Waals surface area contributed by atoms with Crippen molar-refractivity contribution in [2.75, 3.05) is 13.1 Å². The highest BCUT2D eigenvalue weighted by Gasteiger charge is 2.27. The molecule has 0 aliphatic heterocycles. The van der Waals surface area contributed by atoms with E-state index in [9.17, 15) is 18.0 Å². The highest BCUT2D eigenvalue weighted by Crippen LogP contribution is 2.25. The van der Waals surface area contributed by atoms with Crippen LogP contribution in [0.4, 0.5) is 0 Å². The quantitative estimate of drug-likeness (QED) is 0.793. The number of carbonyl (C=O) groups is 2. The van der Waals surface area contributed by atoms with Gasteiger partial charge in [0.2, 0.25) is 15.9 Å². The number of carbonyl (C=O) groups excluding carboxylic acids is 1. The minimum absolute atomic E-state index is 0.00109. The zero-order chi connectivity index (χ0) is 15.5. The summed E-state index contributed by atoms with van der Waals surface area (Å²) in [7, 11) is -4.10. The van der Waals surface area contributed by atoms with E-state index >= 15 is 0 Å². The fraction of sp³-hybridized carbons (Fsp3) is 0.273. The molecule has 1 aromatic rings. The smallest absolute Gasteiger partial charge is 0.335 e. The van der Waals surface area contributed by atoms with Gasteiger partial charge in [-0.1, -0.05) is 18.5 Å². The summed E-state index contributed by atoms with van der Waals surface area (Å²) >= 11 is 5.81. The molecule has 0 aliphatic rings. The summed E-state index contributed by atoms with van der Waals surface area (Å²) < 4.78 is 25.5. The maximum Gasteiger partial charge on any atom is 0.335 e. The molecule has 0 aromatic heterocycles. The third-order valence-electron chi connectivity index (χ3n) is 2.48. The number of rotatable bonds is 6. The molecular formula is C11H13ClN2O5S. The van der Waals surface area contributed by atoms with Gasteiger partial charge < -0.3 is 10.8 Å². The minimum Gasteiger partial charge on any atom is -0.478 e. The standard InChI is InChI=1S/C11H13ClN2O5S/c1-2-14(6-10(13)15)20(18,19)9-5-7(11(16)17)3-4-8(9)12/h3-5H,2,6H2,1H3,(H2,13,15)(H,16,17). The maximum absolute atomic E-state index is 12.3. The van der Waals surface area contributed by atoms with Crippen LogP contribution in [0.1, 0.15) is 17.3 Å². The SMILES string of the molecule is CCN(CC(N)=O)S(=O)(=O)c1cc(C(=O)O)ccc1Cl. The van der Waals surface area contributed by atoms with Crippen LogP contribution < -0.4 is 5.73 Å². The second kappa shape index (κ2) is 6.21. The number of hydrogen-bond acceptors (Lipinski definition) is 4. The van der Waals surface area contributed by atoms with Crippen LogP contribution >= 0.6 is 11.6 Å². The number of primary amides is 1. The lowest BCUT2D eigenvalue weighted by atomic mass is 10.2. The third-order valence-corrected chi connectivity index (χ3v) is 4.88. The van der Waals surface area contributed by atoms with Crippen molar-refractivity contribution in [1.29, 1.82) is 0 Å². The predicted molar refractivity (Wildman–Crippen MR) is 72.0 cm³/mol. The highest BCUT2D eigenvalue weighted by atomic mass is 35.5. The average Bonchev–Trinajstić information content (AvgIpc) is 2.35. The van der Waals surface area contributed by atoms with Crippen molar-refractivity contribution < 1.29 is 23.1 Å². The number of amides is 1. The number of benzene rings is 1. The Hall–Kier alpha value is -1.64. The second-order valence-corrected chi connectivity index (χ2v) is 6.16. The Morgan fingerprint density at radius 1 is 1.40 bits per heavy atom. The van der Waals surface area contributed by atoms with Gasteiger partial charge in [0.15, 0.2) is 0 Å². The molecule has 0 spiro atoms. The average molecular weight is 321 g/mol. The Bertz CT molecular complexity index is 644. The molecule has 0 bridgehead atoms. The Morgan fingerprint density at radius 2 is 2.00 bits per heavy atom. The Kier molecular flexibility index (Phi) is 5.09. The Balaban J connectivity index is 3.36. The zero-order valence-electron chi connectivity index (χ0n) is 10.5. The molecule has 0 aliphatic carbocycles. The van der Waals surface area contributed by atoms with Gasteiger partial charge in [-0.15, -0.1) is 0 Å². The predicted octanol–water partition coefficient (Wildman–Crippen LogP) is 0.534. The molecule has 0 unspecified atom stereocenters. The molecule has 0 saturated heterocycles. The molecule has 20 heavy (non-hydrogen) atoms. The summed E-state index contributed by atoms with van der Waals surface area (Å²) in [5.74, 6) is -2.10. The van der Waals surface area contributed by atoms with E-state index in [1.807, 2.05) is 0 Å². The van der Waals surface area contributed by atoms with Crippen LogP contribution in [0.5, 0.6) is 0 Å². The minimum atomic E-state index is -4.10. The molecule has 0 saturated carbocycles. The first-order valence-electron chi connectivity index (χ1n) is 5.51. The van der Waals surface area contributed by atoms with Gasteiger partial charge in [-0.3, -0.25) is 4.79 Å². The van der Waals surface area contributed by atoms with Gasteiger partial charge in [0.1, 0.15) is 4.90 Å². The maximum atomic E-state index is 12.3. The summed E-state index contributed by atoms with van der Waals surface area (Å²) in [5, 5.41) is 8.75. The summed E-state index contributed by atoms with van der Waals surface area (Å²) in [4.78, 5) is 21.4. The summed E-state index contributed by atoms with van der Waals surface area (Å²) in [5.41, 5.74) is 4.77. The third kappa shape index (κ3) is 3.47. The van der Waals surface area contributed by atoms with Gasteiger partial charge in [0.05, 0.1) is 17.1 Å². The van der Waals surface area contributed by atoms with Crippen molar-refractivity contribution in [3.8, 4) is 0 Å². The number of carboxylic acid groups (broad SMARTS) is 1. The van der Waals surface area contributed by atoms with Gasteiger partial charge >= 0.3 is 5.97 Å². The van der Waals surface area contributed by atoms with Crippen LogP contribution in [0.2, 0.25) is 5.02 Å². The van der Waals surface area contributed by atoms with Gasteiger partial charge in [-0.05, 0) is 18.2 Å². The molecule has 0 fully saturated rings. The number of nitrogens with zero attached hydrogens (tertiary/aromatic N) is 1. The molecule has 1 amide bonds. The molecule has 0 heterocycles. The van der Waals surface area contributed by atoms with E-state index in [1.165, 1.54) is 19.1 Å². The summed E-state index contributed by atoms with van der Waals surface area (Å²) in [6, 6.07) is 3.31. The monoisotopic (exact) mass is 320 g/mol. The lowest BCUT2D eigenvalue weighted by Gasteiger charge is -2.19. The van der Waals surface area contributed by atoms with Gasteiger partial charge in [-0.25, -0.2) is 13.2 Å². The number of nitrogens with two attached hydrogens (primary N) is 1. The van der Waals surface area contributed by atoms with E-state index in [0.717, 1.165) is 10.4 Å². The number of halogens is 1. The fourth-order valence-electron chi connectivity index (χ4n) is 1.51. The number of likely N-dealkylation sites (N-methyl/N-ethyl adjacent to an activating group) is 1. The zero-order valence-corrected chi connectivity index (χ0v) is 12.1. The van der Waals surface area contributed by atoms with Crippen molar-refractivity contribution in [3.63, 3.8) is 0 Å². The fourth-order valence-corrected chi connectivity index (χ4v) is 3.43. The molecular weight excluding hydrogens is 308 g/mol. The molecule has 3 N–H and O–H groups in total. The number of aromatic carboxylic acids is 1. The van der Waals surface area contributed by atoms with E-state index in [2.05, 4.69) is 0 Å². The van der Waals surface area contributed by atoms with E-state index in [0.29, 0.717) is 0 Å². The topological polar surface area (TPSA) is 118 Å². The van der Waals surface area contributed by atoms with Gasteiger partial charge in [0.25, 0.3) is 0 Å². The molecule has 1 rings (SSSR count). The van der Waals surface area contributed by atoms with E-state index in [-0.39, 0.29) is 22.0 Å². The number of sulfonamides is 1. The van der Waals surface area contributed by atoms with E-state index in [4.69, 9.17) is 22.4 Å². The highest BCUT2D eigenvalue weighted by molar-refractivity contribution is 7.89. The Labute approximate surface area is 121 Å². The van der Waals surface area contributed by atoms with Crippen molar-refractivity contribution in [2.24, 2.45) is 5.73 Å². The second-order valence-electron chi connectivity index (χ2n) is 3.85. The van der Waals surface area contributed by atoms with E-state index in [1.54, 1.807) is 0 Å². The lowest BCUT2D eigenvalue weighted by molar-refractivity contribution is -0.118. The van der Waals surface area contributed by atoms with E-state index < -0.39 is 28.4 Å². The molecule has 7 nitrogen and oxygen atoms in total. The molecule has 0 radical (unpaired) electrons. The van der Waals surface area contributed by atoms with Crippen LogP contribution in [0.25, 0.3) is 0 Å². The van der Waals surface area contributed by atoms with Crippen molar-refractivity contribution in [2.45, 2.75) is 11.8 Å². The van der Waals surface area contributed by atoms with Gasteiger partial charge in [-0.2, -0.15) is 4.31 Å². The van der Waals surface area contributed by atoms with Crippen molar-refractivity contribution >= 4 is 33.5 Å². The first-order chi connectivity index (χ1) is 9.20. The summed E-state index contributed by atoms with van der Waals surface area (Å²) in [6.07, 6.45) is 0. The van der Waals surface area contributed by atoms with Crippen LogP contribution in [0.3, 0.4) is 0 Å². The van der Waals surface area contributed by atoms with Crippen LogP contribution in [0, 0.1) is 0 Å². The van der Waals surface area contributed by atoms with Crippen molar-refractivity contribution in [3.05, 3.63) is 28.8 Å². The molecule has 110 valence electrons. The van der Waals surface area contributed by atoms with Crippen molar-refractivity contribution in [1.82, 2.24) is 4.31 Å². The number of carboxylic acids is 1. The normalized spacial score (nSPS) is 11.6. The molecule has 9 heteroatoms. The first-order valence-corrected chi connectivity index (χ1v) is 7.33. The van der Waals surface area contributed by atoms with Crippen LogP contribution in [-0.4, -0.2) is 42.8 Å². The largest absolute Gasteiger partial charge is 0.478 e. The summed E-state index contributed by atoms with van der Waals surface area (Å²) in [6.45, 7) is 1.01. The lowest BCUT2D eigenvalue weighted by Crippen LogP contribution is -2.38. The number of hydrogen-bond donors (Lipinski definition) is 2. The van der Waals surface area contributed by atoms with Gasteiger partial charge in [0, 0.05) is 6.54 Å². The van der Waals surface area contributed by atoms with Crippen LogP contribution in [0.15, 0.2) is 23.1 Å². The molecule has 0 atom stereocenters.